The average Bonchev–Trinajstić information content (AvgIpc) is 2.51. The fraction of sp³-hybridized carbons (Fsp3) is 0.400. The Morgan fingerprint density at radius 2 is 1.68 bits per heavy atom. The summed E-state index contributed by atoms with van der Waals surface area (Å²) in [7, 11) is -1.12. The van der Waals surface area contributed by atoms with Crippen molar-refractivity contribution in [1.29, 1.82) is 0 Å². The lowest BCUT2D eigenvalue weighted by atomic mass is 10.3. The van der Waals surface area contributed by atoms with Gasteiger partial charge in [-0.3, -0.25) is 0 Å². The lowest BCUT2D eigenvalue weighted by molar-refractivity contribution is 0.295. The molecule has 22 heavy (non-hydrogen) atoms. The molecule has 2 heteroatoms. The van der Waals surface area contributed by atoms with E-state index < -0.39 is 10.0 Å². The van der Waals surface area contributed by atoms with E-state index >= 15 is 0 Å². The Morgan fingerprint density at radius 1 is 1.18 bits per heavy atom. The first kappa shape index (κ1) is 20.8. The normalized spacial score (nSPS) is 15.8. The van der Waals surface area contributed by atoms with Gasteiger partial charge in [-0.1, -0.05) is 77.3 Å². The van der Waals surface area contributed by atoms with E-state index in [2.05, 4.69) is 76.6 Å². The van der Waals surface area contributed by atoms with E-state index in [1.807, 2.05) is 19.1 Å². The molecule has 1 rings (SSSR count). The van der Waals surface area contributed by atoms with Crippen molar-refractivity contribution in [2.24, 2.45) is 0 Å². The van der Waals surface area contributed by atoms with Gasteiger partial charge in [0.25, 0.3) is 0 Å². The van der Waals surface area contributed by atoms with E-state index in [1.165, 1.54) is 9.80 Å². The Bertz CT molecular complexity index is 480. The molecule has 1 N–H and O–H groups in total. The Kier molecular flexibility index (Phi) is 9.15. The monoisotopic (exact) mass is 320 g/mol. The standard InChI is InChI=1S/C17H24S.C3H8O/c1-7-12-15(8-2)18(6,17(3,4)5)16-13-10-9-11-14-16;1-2-3-4/h7-14H,1-2H2,3-6H3;4H,2-3H2,1H3/b15-12+;. The summed E-state index contributed by atoms with van der Waals surface area (Å²) in [5, 5.41) is 7.88. The Balaban J connectivity index is 0.000000980. The maximum atomic E-state index is 7.88. The van der Waals surface area contributed by atoms with E-state index in [4.69, 9.17) is 5.11 Å². The van der Waals surface area contributed by atoms with E-state index in [1.54, 1.807) is 0 Å². The van der Waals surface area contributed by atoms with Crippen molar-refractivity contribution in [3.8, 4) is 0 Å². The summed E-state index contributed by atoms with van der Waals surface area (Å²) in [6.07, 6.45) is 9.17. The van der Waals surface area contributed by atoms with Gasteiger partial charge in [-0.05, 0) is 39.4 Å². The van der Waals surface area contributed by atoms with Crippen LogP contribution >= 0.6 is 10.0 Å². The predicted octanol–water partition coefficient (Wildman–Crippen LogP) is 5.92. The molecule has 0 spiro atoms. The number of hydrogen-bond donors (Lipinski definition) is 1. The van der Waals surface area contributed by atoms with Gasteiger partial charge < -0.3 is 5.11 Å². The lowest BCUT2D eigenvalue weighted by Crippen LogP contribution is -2.25. The summed E-state index contributed by atoms with van der Waals surface area (Å²) in [6, 6.07) is 10.7. The van der Waals surface area contributed by atoms with Gasteiger partial charge in [0.1, 0.15) is 0 Å². The quantitative estimate of drug-likeness (QED) is 0.667. The van der Waals surface area contributed by atoms with Gasteiger partial charge in [0.15, 0.2) is 0 Å². The van der Waals surface area contributed by atoms with Gasteiger partial charge in [0.05, 0.1) is 0 Å². The topological polar surface area (TPSA) is 20.2 Å². The summed E-state index contributed by atoms with van der Waals surface area (Å²) in [4.78, 5) is 2.68. The molecule has 1 atom stereocenters. The number of aliphatic hydroxyl groups is 1. The zero-order valence-corrected chi connectivity index (χ0v) is 15.6. The minimum Gasteiger partial charge on any atom is -0.396 e. The molecule has 1 aromatic rings. The third kappa shape index (κ3) is 5.19. The predicted molar refractivity (Wildman–Crippen MR) is 104 cm³/mol. The Labute approximate surface area is 138 Å². The molecule has 1 unspecified atom stereocenters. The van der Waals surface area contributed by atoms with Crippen molar-refractivity contribution >= 4 is 10.0 Å². The summed E-state index contributed by atoms with van der Waals surface area (Å²) < 4.78 is 0.178. The van der Waals surface area contributed by atoms with Gasteiger partial charge in [-0.25, -0.2) is 0 Å². The fourth-order valence-corrected chi connectivity index (χ4v) is 5.11. The molecule has 0 fully saturated rings. The van der Waals surface area contributed by atoms with Crippen molar-refractivity contribution < 1.29 is 5.11 Å². The molecule has 0 heterocycles. The summed E-state index contributed by atoms with van der Waals surface area (Å²) in [5.41, 5.74) is 0. The lowest BCUT2D eigenvalue weighted by Gasteiger charge is -2.49. The van der Waals surface area contributed by atoms with Crippen LogP contribution in [0.2, 0.25) is 0 Å². The molecule has 0 aliphatic heterocycles. The van der Waals surface area contributed by atoms with Crippen LogP contribution in [0.5, 0.6) is 0 Å². The third-order valence-electron chi connectivity index (χ3n) is 3.62. The second-order valence-corrected chi connectivity index (χ2v) is 10.1. The molecular formula is C20H32OS. The van der Waals surface area contributed by atoms with Crippen LogP contribution in [0.25, 0.3) is 0 Å². The summed E-state index contributed by atoms with van der Waals surface area (Å²) in [5.74, 6) is 0. The van der Waals surface area contributed by atoms with E-state index in [-0.39, 0.29) is 4.75 Å². The molecular weight excluding hydrogens is 288 g/mol. The maximum Gasteiger partial charge on any atom is 0.0428 e. The molecule has 1 aromatic carbocycles. The highest BCUT2D eigenvalue weighted by Crippen LogP contribution is 2.68. The van der Waals surface area contributed by atoms with Crippen molar-refractivity contribution in [3.05, 3.63) is 66.6 Å². The molecule has 0 aromatic heterocycles. The summed E-state index contributed by atoms with van der Waals surface area (Å²) in [6.45, 7) is 17.0. The second-order valence-electron chi connectivity index (χ2n) is 6.08. The molecule has 0 saturated carbocycles. The van der Waals surface area contributed by atoms with E-state index in [0.717, 1.165) is 6.42 Å². The largest absolute Gasteiger partial charge is 0.396 e. The molecule has 1 nitrogen and oxygen atoms in total. The first-order valence-electron chi connectivity index (χ1n) is 7.68. The van der Waals surface area contributed by atoms with Crippen molar-refractivity contribution in [1.82, 2.24) is 0 Å². The number of benzene rings is 1. The van der Waals surface area contributed by atoms with Crippen molar-refractivity contribution in [2.75, 3.05) is 12.9 Å². The van der Waals surface area contributed by atoms with Crippen LogP contribution in [0.4, 0.5) is 0 Å². The molecule has 0 aliphatic rings. The number of rotatable bonds is 5. The molecule has 0 radical (unpaired) electrons. The van der Waals surface area contributed by atoms with Crippen LogP contribution in [0, 0.1) is 0 Å². The second kappa shape index (κ2) is 9.70. The maximum absolute atomic E-state index is 7.88. The minimum absolute atomic E-state index is 0.178. The number of hydrogen-bond acceptors (Lipinski definition) is 1. The number of aliphatic hydroxyl groups excluding tert-OH is 1. The van der Waals surface area contributed by atoms with Crippen LogP contribution in [0.1, 0.15) is 34.1 Å². The van der Waals surface area contributed by atoms with E-state index in [9.17, 15) is 0 Å². The smallest absolute Gasteiger partial charge is 0.0428 e. The van der Waals surface area contributed by atoms with Crippen molar-refractivity contribution in [3.63, 3.8) is 0 Å². The van der Waals surface area contributed by atoms with Gasteiger partial charge >= 0.3 is 0 Å². The van der Waals surface area contributed by atoms with Crippen LogP contribution in [-0.2, 0) is 0 Å². The highest BCUT2D eigenvalue weighted by molar-refractivity contribution is 8.37. The zero-order chi connectivity index (χ0) is 17.2. The fourth-order valence-electron chi connectivity index (χ4n) is 2.02. The van der Waals surface area contributed by atoms with Gasteiger partial charge in [-0.15, -0.1) is 0 Å². The zero-order valence-electron chi connectivity index (χ0n) is 14.8. The third-order valence-corrected chi connectivity index (χ3v) is 8.53. The van der Waals surface area contributed by atoms with E-state index in [0.29, 0.717) is 6.61 Å². The highest BCUT2D eigenvalue weighted by Gasteiger charge is 2.35. The Morgan fingerprint density at radius 3 is 2.00 bits per heavy atom. The van der Waals surface area contributed by atoms with Gasteiger partial charge in [0, 0.05) is 6.61 Å². The van der Waals surface area contributed by atoms with Crippen LogP contribution in [0.3, 0.4) is 0 Å². The molecule has 0 bridgehead atoms. The van der Waals surface area contributed by atoms with Crippen LogP contribution in [0.15, 0.2) is 71.5 Å². The first-order chi connectivity index (χ1) is 10.3. The summed E-state index contributed by atoms with van der Waals surface area (Å²) >= 11 is 0. The first-order valence-corrected chi connectivity index (χ1v) is 9.72. The van der Waals surface area contributed by atoms with Crippen molar-refractivity contribution in [2.45, 2.75) is 43.8 Å². The van der Waals surface area contributed by atoms with Crippen LogP contribution < -0.4 is 0 Å². The molecule has 124 valence electrons. The van der Waals surface area contributed by atoms with Gasteiger partial charge in [-0.2, -0.15) is 10.0 Å². The SMILES string of the molecule is C=C/C=C(\C=C)S(C)(c1ccccc1)C(C)(C)C.CCCO. The minimum atomic E-state index is -1.12. The Hall–Kier alpha value is -1.25. The highest BCUT2D eigenvalue weighted by atomic mass is 32.3. The molecule has 0 amide bonds. The van der Waals surface area contributed by atoms with Gasteiger partial charge in [0.2, 0.25) is 0 Å². The number of allylic oxidation sites excluding steroid dienone is 3. The van der Waals surface area contributed by atoms with Crippen LogP contribution in [-0.4, -0.2) is 22.7 Å². The molecule has 0 aliphatic carbocycles. The average molecular weight is 321 g/mol. The molecule has 0 saturated heterocycles.